The Kier molecular flexibility index (Phi) is 7.73. The molecule has 196 valence electrons. The second-order valence-electron chi connectivity index (χ2n) is 8.54. The lowest BCUT2D eigenvalue weighted by molar-refractivity contribution is -0.114. The van der Waals surface area contributed by atoms with Crippen LogP contribution in [0.4, 0.5) is 5.69 Å². The van der Waals surface area contributed by atoms with Crippen LogP contribution in [-0.2, 0) is 19.6 Å². The molecule has 3 N–H and O–H groups in total. The first kappa shape index (κ1) is 27.1. The highest BCUT2D eigenvalue weighted by Crippen LogP contribution is 2.42. The maximum absolute atomic E-state index is 13.3. The van der Waals surface area contributed by atoms with Crippen LogP contribution in [0.3, 0.4) is 0 Å². The Labute approximate surface area is 226 Å². The number of aromatic nitrogens is 1. The Bertz CT molecular complexity index is 1610. The molecule has 1 aromatic heterocycles. The van der Waals surface area contributed by atoms with Crippen molar-refractivity contribution in [2.45, 2.75) is 25.7 Å². The molecule has 4 aromatic rings. The van der Waals surface area contributed by atoms with Gasteiger partial charge in [-0.15, -0.1) is 0 Å². The van der Waals surface area contributed by atoms with Crippen LogP contribution in [0.5, 0.6) is 0 Å². The van der Waals surface area contributed by atoms with Crippen molar-refractivity contribution in [2.75, 3.05) is 11.9 Å². The number of carbonyl (C=O) groups excluding carboxylic acids is 2. The van der Waals surface area contributed by atoms with E-state index in [1.54, 1.807) is 50.2 Å². The van der Waals surface area contributed by atoms with Gasteiger partial charge in [-0.1, -0.05) is 35.9 Å². The fourth-order valence-electron chi connectivity index (χ4n) is 4.34. The predicted octanol–water partition coefficient (Wildman–Crippen LogP) is 5.56. The molecule has 3 aromatic carbocycles. The molecule has 0 aliphatic heterocycles. The lowest BCUT2D eigenvalue weighted by Crippen LogP contribution is -2.12. The van der Waals surface area contributed by atoms with Crippen molar-refractivity contribution in [3.63, 3.8) is 0 Å². The number of benzene rings is 3. The van der Waals surface area contributed by atoms with Crippen molar-refractivity contribution in [2.24, 2.45) is 5.14 Å². The van der Waals surface area contributed by atoms with Crippen LogP contribution in [0.2, 0.25) is 5.02 Å². The molecule has 0 saturated heterocycles. The van der Waals surface area contributed by atoms with Gasteiger partial charge in [-0.2, -0.15) is 0 Å². The van der Waals surface area contributed by atoms with Gasteiger partial charge in [0, 0.05) is 34.6 Å². The van der Waals surface area contributed by atoms with Crippen molar-refractivity contribution in [3.05, 3.63) is 89.1 Å². The Morgan fingerprint density at radius 1 is 0.947 bits per heavy atom. The van der Waals surface area contributed by atoms with E-state index in [0.717, 1.165) is 11.1 Å². The second kappa shape index (κ2) is 10.8. The van der Waals surface area contributed by atoms with E-state index in [9.17, 15) is 18.0 Å². The summed E-state index contributed by atoms with van der Waals surface area (Å²) >= 11 is 6.18. The molecular weight excluding hydrogens is 526 g/mol. The van der Waals surface area contributed by atoms with Crippen LogP contribution in [0.25, 0.3) is 28.1 Å². The van der Waals surface area contributed by atoms with E-state index >= 15 is 0 Å². The molecule has 0 atom stereocenters. The van der Waals surface area contributed by atoms with E-state index in [1.807, 2.05) is 28.8 Å². The fraction of sp³-hybridized carbons (Fsp3) is 0.143. The Morgan fingerprint density at radius 2 is 1.53 bits per heavy atom. The van der Waals surface area contributed by atoms with E-state index in [1.165, 1.54) is 19.1 Å². The highest BCUT2D eigenvalue weighted by Gasteiger charge is 2.29. The monoisotopic (exact) mass is 551 g/mol. The smallest absolute Gasteiger partial charge is 0.340 e. The standard InChI is InChI=1S/C28H26ClN3O5S/c1-4-37-28(34)25-17(2)32(23-13-15-24(16-14-23)38(30,35)36)27(20-5-9-21(29)10-6-20)26(25)19-7-11-22(12-8-19)31-18(3)33/h5-16H,4H2,1-3H3,(H,31,33)(H2,30,35,36). The third kappa shape index (κ3) is 5.50. The number of rotatable bonds is 7. The van der Waals surface area contributed by atoms with Crippen LogP contribution < -0.4 is 10.5 Å². The van der Waals surface area contributed by atoms with E-state index < -0.39 is 16.0 Å². The fourth-order valence-corrected chi connectivity index (χ4v) is 4.98. The summed E-state index contributed by atoms with van der Waals surface area (Å²) in [6.45, 7) is 5.15. The van der Waals surface area contributed by atoms with Gasteiger partial charge in [0.05, 0.1) is 22.8 Å². The quantitative estimate of drug-likeness (QED) is 0.291. The molecule has 8 nitrogen and oxygen atoms in total. The number of anilines is 1. The molecule has 0 unspecified atom stereocenters. The van der Waals surface area contributed by atoms with E-state index in [0.29, 0.717) is 38.9 Å². The van der Waals surface area contributed by atoms with Crippen molar-refractivity contribution in [1.29, 1.82) is 0 Å². The zero-order chi connectivity index (χ0) is 27.6. The summed E-state index contributed by atoms with van der Waals surface area (Å²) in [7, 11) is -3.89. The van der Waals surface area contributed by atoms with E-state index in [4.69, 9.17) is 21.5 Å². The molecule has 38 heavy (non-hydrogen) atoms. The normalized spacial score (nSPS) is 11.3. The molecule has 0 aliphatic carbocycles. The number of carbonyl (C=O) groups is 2. The van der Waals surface area contributed by atoms with Crippen molar-refractivity contribution >= 4 is 39.2 Å². The zero-order valence-corrected chi connectivity index (χ0v) is 22.6. The van der Waals surface area contributed by atoms with Gasteiger partial charge >= 0.3 is 5.97 Å². The highest BCUT2D eigenvalue weighted by atomic mass is 35.5. The molecule has 0 aliphatic rings. The van der Waals surface area contributed by atoms with Crippen molar-refractivity contribution in [1.82, 2.24) is 4.57 Å². The molecule has 0 radical (unpaired) electrons. The Morgan fingerprint density at radius 3 is 2.05 bits per heavy atom. The minimum Gasteiger partial charge on any atom is -0.462 e. The number of hydrogen-bond donors (Lipinski definition) is 2. The molecule has 0 fully saturated rings. The largest absolute Gasteiger partial charge is 0.462 e. The Hall–Kier alpha value is -3.92. The average Bonchev–Trinajstić information content (AvgIpc) is 3.17. The lowest BCUT2D eigenvalue weighted by Gasteiger charge is -2.15. The van der Waals surface area contributed by atoms with E-state index in [2.05, 4.69) is 5.32 Å². The second-order valence-corrected chi connectivity index (χ2v) is 10.5. The number of hydrogen-bond acceptors (Lipinski definition) is 5. The first-order valence-electron chi connectivity index (χ1n) is 11.7. The minimum absolute atomic E-state index is 0.0292. The predicted molar refractivity (Wildman–Crippen MR) is 148 cm³/mol. The summed E-state index contributed by atoms with van der Waals surface area (Å²) in [6.07, 6.45) is 0. The minimum atomic E-state index is -3.89. The lowest BCUT2D eigenvalue weighted by atomic mass is 9.96. The Balaban J connectivity index is 2.06. The van der Waals surface area contributed by atoms with Gasteiger partial charge in [-0.05, 0) is 73.5 Å². The van der Waals surface area contributed by atoms with Crippen LogP contribution in [-0.4, -0.2) is 31.5 Å². The number of halogens is 1. The molecule has 1 amide bonds. The van der Waals surface area contributed by atoms with Crippen molar-refractivity contribution < 1.29 is 22.7 Å². The molecule has 0 spiro atoms. The third-order valence-corrected chi connectivity index (χ3v) is 7.10. The third-order valence-electron chi connectivity index (χ3n) is 5.92. The molecule has 4 rings (SSSR count). The molecule has 10 heteroatoms. The van der Waals surface area contributed by atoms with Gasteiger partial charge in [0.15, 0.2) is 0 Å². The average molecular weight is 552 g/mol. The number of primary sulfonamides is 1. The van der Waals surface area contributed by atoms with Gasteiger partial charge in [-0.25, -0.2) is 18.4 Å². The molecule has 0 saturated carbocycles. The summed E-state index contributed by atoms with van der Waals surface area (Å²) in [6, 6.07) is 20.4. The van der Waals surface area contributed by atoms with Gasteiger partial charge in [-0.3, -0.25) is 4.79 Å². The van der Waals surface area contributed by atoms with Gasteiger partial charge in [0.1, 0.15) is 0 Å². The number of nitrogens with two attached hydrogens (primary N) is 1. The molecule has 1 heterocycles. The maximum Gasteiger partial charge on any atom is 0.340 e. The summed E-state index contributed by atoms with van der Waals surface area (Å²) < 4.78 is 31.0. The number of esters is 1. The maximum atomic E-state index is 13.3. The summed E-state index contributed by atoms with van der Waals surface area (Å²) in [5.74, 6) is -0.696. The van der Waals surface area contributed by atoms with Gasteiger partial charge < -0.3 is 14.6 Å². The first-order chi connectivity index (χ1) is 18.0. The summed E-state index contributed by atoms with van der Waals surface area (Å²) in [4.78, 5) is 24.8. The zero-order valence-electron chi connectivity index (χ0n) is 21.0. The number of sulfonamides is 1. The summed E-state index contributed by atoms with van der Waals surface area (Å²) in [5.41, 5.74) is 4.97. The van der Waals surface area contributed by atoms with Crippen LogP contribution in [0.1, 0.15) is 29.9 Å². The number of amides is 1. The SMILES string of the molecule is CCOC(=O)c1c(-c2ccc(NC(C)=O)cc2)c(-c2ccc(Cl)cc2)n(-c2ccc(S(N)(=O)=O)cc2)c1C. The number of nitrogens with one attached hydrogen (secondary N) is 1. The number of ether oxygens (including phenoxy) is 1. The highest BCUT2D eigenvalue weighted by molar-refractivity contribution is 7.89. The molecule has 0 bridgehead atoms. The number of nitrogens with zero attached hydrogens (tertiary/aromatic N) is 1. The molecular formula is C28H26ClN3O5S. The van der Waals surface area contributed by atoms with Gasteiger partial charge in [0.2, 0.25) is 15.9 Å². The topological polar surface area (TPSA) is 120 Å². The van der Waals surface area contributed by atoms with Crippen LogP contribution >= 0.6 is 11.6 Å². The van der Waals surface area contributed by atoms with Crippen LogP contribution in [0, 0.1) is 6.92 Å². The van der Waals surface area contributed by atoms with E-state index in [-0.39, 0.29) is 17.4 Å². The summed E-state index contributed by atoms with van der Waals surface area (Å²) in [5, 5.41) is 8.59. The van der Waals surface area contributed by atoms with Crippen LogP contribution in [0.15, 0.2) is 77.7 Å². The first-order valence-corrected chi connectivity index (χ1v) is 13.6. The van der Waals surface area contributed by atoms with Crippen molar-refractivity contribution in [3.8, 4) is 28.1 Å². The van der Waals surface area contributed by atoms with Gasteiger partial charge in [0.25, 0.3) is 0 Å².